The number of halogens is 3. The normalized spacial score (nSPS) is 17.5. The first kappa shape index (κ1) is 15.9. The summed E-state index contributed by atoms with van der Waals surface area (Å²) < 4.78 is 60.7. The number of hydrogen-bond donors (Lipinski definition) is 2. The van der Waals surface area contributed by atoms with E-state index in [-0.39, 0.29) is 11.7 Å². The molecule has 0 aromatic heterocycles. The van der Waals surface area contributed by atoms with Crippen molar-refractivity contribution in [1.82, 2.24) is 0 Å². The zero-order valence-electron chi connectivity index (χ0n) is 11.3. The summed E-state index contributed by atoms with van der Waals surface area (Å²) in [4.78, 5) is 0. The van der Waals surface area contributed by atoms with Crippen LogP contribution < -0.4 is 10.0 Å². The molecule has 0 atom stereocenters. The van der Waals surface area contributed by atoms with Gasteiger partial charge in [-0.15, -0.1) is 0 Å². The van der Waals surface area contributed by atoms with Crippen LogP contribution in [0.3, 0.4) is 0 Å². The maximum atomic E-state index is 12.3. The molecule has 2 rings (SSSR count). The Balaban J connectivity index is 2.07. The lowest BCUT2D eigenvalue weighted by molar-refractivity contribution is -0.0429. The molecule has 1 aromatic rings. The standard InChI is InChI=1S/C13H17F3N2O2S/c14-13(15,16)21(19,20)18-12-8-4-7-11(9-12)17-10-5-2-1-3-6-10/h4,7-10,17-18H,1-3,5-6H2. The van der Waals surface area contributed by atoms with E-state index >= 15 is 0 Å². The number of nitrogens with one attached hydrogen (secondary N) is 2. The second-order valence-corrected chi connectivity index (χ2v) is 6.79. The van der Waals surface area contributed by atoms with Gasteiger partial charge in [-0.25, -0.2) is 0 Å². The topological polar surface area (TPSA) is 58.2 Å². The molecule has 0 saturated heterocycles. The van der Waals surface area contributed by atoms with Gasteiger partial charge >= 0.3 is 15.5 Å². The van der Waals surface area contributed by atoms with Crippen LogP contribution in [0.1, 0.15) is 32.1 Å². The van der Waals surface area contributed by atoms with Crippen molar-refractivity contribution in [3.63, 3.8) is 0 Å². The van der Waals surface area contributed by atoms with Crippen LogP contribution >= 0.6 is 0 Å². The highest BCUT2D eigenvalue weighted by molar-refractivity contribution is 7.93. The molecule has 118 valence electrons. The van der Waals surface area contributed by atoms with E-state index in [9.17, 15) is 21.6 Å². The maximum Gasteiger partial charge on any atom is 0.516 e. The molecule has 1 aliphatic rings. The summed E-state index contributed by atoms with van der Waals surface area (Å²) in [5, 5.41) is 3.23. The molecular formula is C13H17F3N2O2S. The predicted molar refractivity (Wildman–Crippen MR) is 75.5 cm³/mol. The minimum Gasteiger partial charge on any atom is -0.382 e. The molecule has 0 spiro atoms. The third kappa shape index (κ3) is 4.26. The molecule has 0 aliphatic heterocycles. The Bertz CT molecular complexity index is 581. The Kier molecular flexibility index (Phi) is 4.65. The van der Waals surface area contributed by atoms with Gasteiger partial charge in [0.1, 0.15) is 0 Å². The fraction of sp³-hybridized carbons (Fsp3) is 0.538. The summed E-state index contributed by atoms with van der Waals surface area (Å²) >= 11 is 0. The van der Waals surface area contributed by atoms with Crippen LogP contribution in [-0.4, -0.2) is 20.0 Å². The van der Waals surface area contributed by atoms with E-state index in [2.05, 4.69) is 5.32 Å². The van der Waals surface area contributed by atoms with E-state index in [0.717, 1.165) is 25.7 Å². The zero-order valence-corrected chi connectivity index (χ0v) is 12.1. The number of sulfonamides is 1. The first-order chi connectivity index (χ1) is 9.78. The third-order valence-electron chi connectivity index (χ3n) is 3.40. The van der Waals surface area contributed by atoms with Gasteiger partial charge in [-0.1, -0.05) is 25.3 Å². The Morgan fingerprint density at radius 1 is 1.05 bits per heavy atom. The van der Waals surface area contributed by atoms with Crippen LogP contribution in [0.2, 0.25) is 0 Å². The van der Waals surface area contributed by atoms with Gasteiger partial charge < -0.3 is 5.32 Å². The van der Waals surface area contributed by atoms with Gasteiger partial charge in [0.05, 0.1) is 5.69 Å². The minimum atomic E-state index is -5.38. The van der Waals surface area contributed by atoms with E-state index < -0.39 is 15.5 Å². The molecular weight excluding hydrogens is 305 g/mol. The summed E-state index contributed by atoms with van der Waals surface area (Å²) in [6, 6.07) is 6.17. The van der Waals surface area contributed by atoms with Crippen molar-refractivity contribution in [3.05, 3.63) is 24.3 Å². The van der Waals surface area contributed by atoms with Crippen LogP contribution in [0.5, 0.6) is 0 Å². The first-order valence-electron chi connectivity index (χ1n) is 6.74. The molecule has 1 fully saturated rings. The van der Waals surface area contributed by atoms with Crippen LogP contribution in [0, 0.1) is 0 Å². The maximum absolute atomic E-state index is 12.3. The van der Waals surface area contributed by atoms with Crippen LogP contribution in [0.25, 0.3) is 0 Å². The van der Waals surface area contributed by atoms with Gasteiger partial charge in [0.15, 0.2) is 0 Å². The molecule has 2 N–H and O–H groups in total. The number of hydrogen-bond acceptors (Lipinski definition) is 3. The van der Waals surface area contributed by atoms with E-state index in [1.165, 1.54) is 24.6 Å². The van der Waals surface area contributed by atoms with Crippen molar-refractivity contribution in [3.8, 4) is 0 Å². The van der Waals surface area contributed by atoms with E-state index in [1.807, 2.05) is 0 Å². The van der Waals surface area contributed by atoms with E-state index in [1.54, 1.807) is 10.8 Å². The quantitative estimate of drug-likeness (QED) is 0.889. The molecule has 8 heteroatoms. The second kappa shape index (κ2) is 6.13. The molecule has 0 unspecified atom stereocenters. The smallest absolute Gasteiger partial charge is 0.382 e. The molecule has 21 heavy (non-hydrogen) atoms. The fourth-order valence-electron chi connectivity index (χ4n) is 2.37. The minimum absolute atomic E-state index is 0.104. The first-order valence-corrected chi connectivity index (χ1v) is 8.22. The van der Waals surface area contributed by atoms with Gasteiger partial charge in [-0.05, 0) is 31.0 Å². The van der Waals surface area contributed by atoms with Crippen LogP contribution in [-0.2, 0) is 10.0 Å². The van der Waals surface area contributed by atoms with E-state index in [4.69, 9.17) is 0 Å². The van der Waals surface area contributed by atoms with Gasteiger partial charge in [-0.3, -0.25) is 4.72 Å². The number of alkyl halides is 3. The number of rotatable bonds is 4. The molecule has 1 saturated carbocycles. The highest BCUT2D eigenvalue weighted by atomic mass is 32.2. The monoisotopic (exact) mass is 322 g/mol. The lowest BCUT2D eigenvalue weighted by Crippen LogP contribution is -2.30. The number of anilines is 2. The molecule has 4 nitrogen and oxygen atoms in total. The Morgan fingerprint density at radius 2 is 1.67 bits per heavy atom. The molecule has 1 aliphatic carbocycles. The SMILES string of the molecule is O=S(=O)(Nc1cccc(NC2CCCCC2)c1)C(F)(F)F. The summed E-state index contributed by atoms with van der Waals surface area (Å²) in [5.74, 6) is 0. The fourth-order valence-corrected chi connectivity index (χ4v) is 2.92. The molecule has 0 radical (unpaired) electrons. The summed E-state index contributed by atoms with van der Waals surface area (Å²) in [6.45, 7) is 0. The van der Waals surface area contributed by atoms with Crippen molar-refractivity contribution in [2.75, 3.05) is 10.0 Å². The predicted octanol–water partition coefficient (Wildman–Crippen LogP) is 3.69. The highest BCUT2D eigenvalue weighted by Crippen LogP contribution is 2.27. The second-order valence-electron chi connectivity index (χ2n) is 5.11. The zero-order chi connectivity index (χ0) is 15.5. The van der Waals surface area contributed by atoms with Crippen LogP contribution in [0.4, 0.5) is 24.5 Å². The number of benzene rings is 1. The van der Waals surface area contributed by atoms with Crippen molar-refractivity contribution >= 4 is 21.4 Å². The molecule has 1 aromatic carbocycles. The highest BCUT2D eigenvalue weighted by Gasteiger charge is 2.46. The Labute approximate surface area is 121 Å². The van der Waals surface area contributed by atoms with E-state index in [0.29, 0.717) is 5.69 Å². The van der Waals surface area contributed by atoms with Crippen LogP contribution in [0.15, 0.2) is 24.3 Å². The summed E-state index contributed by atoms with van der Waals surface area (Å²) in [5.41, 5.74) is -4.81. The van der Waals surface area contributed by atoms with Crippen molar-refractivity contribution in [1.29, 1.82) is 0 Å². The van der Waals surface area contributed by atoms with Crippen molar-refractivity contribution in [2.24, 2.45) is 0 Å². The average molecular weight is 322 g/mol. The van der Waals surface area contributed by atoms with Crippen molar-refractivity contribution < 1.29 is 21.6 Å². The lowest BCUT2D eigenvalue weighted by atomic mass is 9.95. The van der Waals surface area contributed by atoms with Gasteiger partial charge in [0.25, 0.3) is 0 Å². The Hall–Kier alpha value is -1.44. The largest absolute Gasteiger partial charge is 0.516 e. The third-order valence-corrected chi connectivity index (χ3v) is 4.51. The molecule has 0 bridgehead atoms. The summed E-state index contributed by atoms with van der Waals surface area (Å²) in [6.07, 6.45) is 5.47. The molecule has 0 amide bonds. The summed E-state index contributed by atoms with van der Waals surface area (Å²) in [7, 11) is -5.38. The molecule has 0 heterocycles. The van der Waals surface area contributed by atoms with Gasteiger partial charge in [0, 0.05) is 11.7 Å². The average Bonchev–Trinajstić information content (AvgIpc) is 2.38. The lowest BCUT2D eigenvalue weighted by Gasteiger charge is -2.24. The van der Waals surface area contributed by atoms with Gasteiger partial charge in [0.2, 0.25) is 0 Å². The van der Waals surface area contributed by atoms with Crippen molar-refractivity contribution in [2.45, 2.75) is 43.7 Å². The Morgan fingerprint density at radius 3 is 2.29 bits per heavy atom. The van der Waals surface area contributed by atoms with Gasteiger partial charge in [-0.2, -0.15) is 21.6 Å².